The third-order valence-corrected chi connectivity index (χ3v) is 7.12. The maximum atomic E-state index is 12.8. The minimum atomic E-state index is -0.322. The third kappa shape index (κ3) is 5.68. The molecule has 3 aromatic rings. The topological polar surface area (TPSA) is 93.7 Å². The molecular formula is C24H26N4O4S2. The lowest BCUT2D eigenvalue weighted by atomic mass is 10.0. The predicted molar refractivity (Wildman–Crippen MR) is 134 cm³/mol. The van der Waals surface area contributed by atoms with E-state index >= 15 is 0 Å². The zero-order valence-corrected chi connectivity index (χ0v) is 20.7. The van der Waals surface area contributed by atoms with Crippen molar-refractivity contribution in [2.75, 3.05) is 35.7 Å². The van der Waals surface area contributed by atoms with Gasteiger partial charge in [0.1, 0.15) is 0 Å². The lowest BCUT2D eigenvalue weighted by Gasteiger charge is -2.29. The second kappa shape index (κ2) is 11.3. The molecule has 0 bridgehead atoms. The summed E-state index contributed by atoms with van der Waals surface area (Å²) in [5.74, 6) is 1.08. The van der Waals surface area contributed by atoms with Gasteiger partial charge in [-0.15, -0.1) is 10.2 Å². The fourth-order valence-corrected chi connectivity index (χ4v) is 5.30. The zero-order valence-electron chi connectivity index (χ0n) is 19.1. The minimum Gasteiger partial charge on any atom is -0.490 e. The van der Waals surface area contributed by atoms with Crippen LogP contribution in [0, 0.1) is 0 Å². The van der Waals surface area contributed by atoms with E-state index in [0.717, 1.165) is 25.1 Å². The molecule has 8 nitrogen and oxygen atoms in total. The Morgan fingerprint density at radius 1 is 1.09 bits per heavy atom. The van der Waals surface area contributed by atoms with Crippen LogP contribution in [0.1, 0.15) is 36.2 Å². The van der Waals surface area contributed by atoms with E-state index < -0.39 is 0 Å². The number of hydrogen-bond acceptors (Lipinski definition) is 8. The van der Waals surface area contributed by atoms with Crippen molar-refractivity contribution in [3.8, 4) is 11.5 Å². The Kier molecular flexibility index (Phi) is 8.02. The van der Waals surface area contributed by atoms with E-state index in [1.54, 1.807) is 18.2 Å². The minimum absolute atomic E-state index is 0.0378. The predicted octanol–water partition coefficient (Wildman–Crippen LogP) is 4.66. The Hall–Kier alpha value is -3.11. The number of hydrogen-bond donors (Lipinski definition) is 1. The first-order valence-corrected chi connectivity index (χ1v) is 12.9. The highest BCUT2D eigenvalue weighted by Crippen LogP contribution is 2.31. The SMILES string of the molecule is CCOc1ccc(C(=O)Nc2nnc(SCC(=O)N3CCCc4ccccc43)s2)cc1OCC. The number of aryl methyl sites for hydroxylation is 1. The van der Waals surface area contributed by atoms with Crippen molar-refractivity contribution in [1.29, 1.82) is 0 Å². The molecule has 10 heteroatoms. The number of ether oxygens (including phenoxy) is 2. The molecule has 1 N–H and O–H groups in total. The van der Waals surface area contributed by atoms with Crippen molar-refractivity contribution in [2.45, 2.75) is 31.0 Å². The molecule has 2 aromatic carbocycles. The summed E-state index contributed by atoms with van der Waals surface area (Å²) in [5.41, 5.74) is 2.62. The van der Waals surface area contributed by atoms with Crippen LogP contribution in [-0.4, -0.2) is 47.5 Å². The molecule has 2 heterocycles. The van der Waals surface area contributed by atoms with Gasteiger partial charge in [0, 0.05) is 17.8 Å². The molecule has 1 aliphatic rings. The second-order valence-corrected chi connectivity index (χ2v) is 9.62. The summed E-state index contributed by atoms with van der Waals surface area (Å²) in [7, 11) is 0. The van der Waals surface area contributed by atoms with Gasteiger partial charge in [0.15, 0.2) is 15.8 Å². The standard InChI is InChI=1S/C24H26N4O4S2/c1-3-31-19-12-11-17(14-20(19)32-4-2)22(30)25-23-26-27-24(34-23)33-15-21(29)28-13-7-9-16-8-5-6-10-18(16)28/h5-6,8,10-12,14H,3-4,7,9,13,15H2,1-2H3,(H,25,26,30). The molecule has 178 valence electrons. The van der Waals surface area contributed by atoms with Crippen molar-refractivity contribution in [3.05, 3.63) is 53.6 Å². The highest BCUT2D eigenvalue weighted by Gasteiger charge is 2.22. The Labute approximate surface area is 206 Å². The summed E-state index contributed by atoms with van der Waals surface area (Å²) in [4.78, 5) is 27.4. The Bertz CT molecular complexity index is 1170. The van der Waals surface area contributed by atoms with Crippen molar-refractivity contribution in [1.82, 2.24) is 10.2 Å². The maximum Gasteiger partial charge on any atom is 0.257 e. The lowest BCUT2D eigenvalue weighted by molar-refractivity contribution is -0.116. The van der Waals surface area contributed by atoms with Crippen LogP contribution in [-0.2, 0) is 11.2 Å². The number of amides is 2. The molecule has 0 unspecified atom stereocenters. The van der Waals surface area contributed by atoms with Gasteiger partial charge in [-0.25, -0.2) is 0 Å². The molecule has 0 saturated carbocycles. The number of rotatable bonds is 9. The molecule has 0 spiro atoms. The first-order valence-electron chi connectivity index (χ1n) is 11.1. The Morgan fingerprint density at radius 2 is 1.88 bits per heavy atom. The highest BCUT2D eigenvalue weighted by atomic mass is 32.2. The summed E-state index contributed by atoms with van der Waals surface area (Å²) >= 11 is 2.56. The van der Waals surface area contributed by atoms with Crippen LogP contribution in [0.25, 0.3) is 0 Å². The summed E-state index contributed by atoms with van der Waals surface area (Å²) in [6.07, 6.45) is 1.95. The number of nitrogens with zero attached hydrogens (tertiary/aromatic N) is 3. The van der Waals surface area contributed by atoms with Crippen molar-refractivity contribution >= 4 is 45.7 Å². The largest absolute Gasteiger partial charge is 0.490 e. The summed E-state index contributed by atoms with van der Waals surface area (Å²) in [5, 5.41) is 11.3. The number of aromatic nitrogens is 2. The molecule has 1 aromatic heterocycles. The van der Waals surface area contributed by atoms with Gasteiger partial charge >= 0.3 is 0 Å². The van der Waals surface area contributed by atoms with E-state index in [9.17, 15) is 9.59 Å². The monoisotopic (exact) mass is 498 g/mol. The average molecular weight is 499 g/mol. The van der Waals surface area contributed by atoms with Crippen LogP contribution in [0.4, 0.5) is 10.8 Å². The van der Waals surface area contributed by atoms with Gasteiger partial charge in [0.2, 0.25) is 11.0 Å². The van der Waals surface area contributed by atoms with E-state index in [2.05, 4.69) is 21.6 Å². The number of anilines is 2. The molecule has 0 aliphatic carbocycles. The number of carbonyl (C=O) groups is 2. The molecule has 1 aliphatic heterocycles. The van der Waals surface area contributed by atoms with E-state index in [-0.39, 0.29) is 17.6 Å². The number of fused-ring (bicyclic) bond motifs is 1. The molecule has 0 atom stereocenters. The number of thioether (sulfide) groups is 1. The molecule has 0 fully saturated rings. The van der Waals surface area contributed by atoms with Crippen molar-refractivity contribution < 1.29 is 19.1 Å². The van der Waals surface area contributed by atoms with Gasteiger partial charge < -0.3 is 14.4 Å². The first-order chi connectivity index (χ1) is 16.6. The Balaban J connectivity index is 1.35. The van der Waals surface area contributed by atoms with E-state index in [4.69, 9.17) is 9.47 Å². The quantitative estimate of drug-likeness (QED) is 0.339. The first kappa shape index (κ1) is 24.0. The highest BCUT2D eigenvalue weighted by molar-refractivity contribution is 8.01. The van der Waals surface area contributed by atoms with Crippen LogP contribution in [0.2, 0.25) is 0 Å². The van der Waals surface area contributed by atoms with Crippen LogP contribution in [0.3, 0.4) is 0 Å². The van der Waals surface area contributed by atoms with Gasteiger partial charge in [0.25, 0.3) is 5.91 Å². The number of para-hydroxylation sites is 1. The zero-order chi connectivity index (χ0) is 23.9. The molecule has 34 heavy (non-hydrogen) atoms. The maximum absolute atomic E-state index is 12.8. The summed E-state index contributed by atoms with van der Waals surface area (Å²) in [6, 6.07) is 13.1. The average Bonchev–Trinajstić information content (AvgIpc) is 3.30. The summed E-state index contributed by atoms with van der Waals surface area (Å²) in [6.45, 7) is 5.45. The Morgan fingerprint density at radius 3 is 2.71 bits per heavy atom. The lowest BCUT2D eigenvalue weighted by Crippen LogP contribution is -2.36. The second-order valence-electron chi connectivity index (χ2n) is 7.42. The molecule has 4 rings (SSSR count). The van der Waals surface area contributed by atoms with Gasteiger partial charge in [0.05, 0.1) is 19.0 Å². The van der Waals surface area contributed by atoms with Gasteiger partial charge in [-0.2, -0.15) is 0 Å². The fourth-order valence-electron chi connectivity index (χ4n) is 3.67. The van der Waals surface area contributed by atoms with E-state index in [1.807, 2.05) is 36.9 Å². The van der Waals surface area contributed by atoms with Crippen LogP contribution in [0.5, 0.6) is 11.5 Å². The number of carbonyl (C=O) groups excluding carboxylic acids is 2. The van der Waals surface area contributed by atoms with E-state index in [0.29, 0.717) is 39.7 Å². The number of benzene rings is 2. The smallest absolute Gasteiger partial charge is 0.257 e. The van der Waals surface area contributed by atoms with Crippen molar-refractivity contribution in [3.63, 3.8) is 0 Å². The molecule has 2 amide bonds. The van der Waals surface area contributed by atoms with Gasteiger partial charge in [-0.3, -0.25) is 14.9 Å². The van der Waals surface area contributed by atoms with Gasteiger partial charge in [-0.1, -0.05) is 41.3 Å². The van der Waals surface area contributed by atoms with Crippen molar-refractivity contribution in [2.24, 2.45) is 0 Å². The molecule has 0 saturated heterocycles. The fraction of sp³-hybridized carbons (Fsp3) is 0.333. The van der Waals surface area contributed by atoms with E-state index in [1.165, 1.54) is 28.7 Å². The summed E-state index contributed by atoms with van der Waals surface area (Å²) < 4.78 is 11.8. The van der Waals surface area contributed by atoms with Crippen LogP contribution in [0.15, 0.2) is 46.8 Å². The molecular weight excluding hydrogens is 472 g/mol. The van der Waals surface area contributed by atoms with Gasteiger partial charge in [-0.05, 0) is 56.5 Å². The number of nitrogens with one attached hydrogen (secondary N) is 1. The van der Waals surface area contributed by atoms with Crippen LogP contribution < -0.4 is 19.7 Å². The molecule has 0 radical (unpaired) electrons. The normalized spacial score (nSPS) is 12.7. The third-order valence-electron chi connectivity index (χ3n) is 5.16. The van der Waals surface area contributed by atoms with Crippen LogP contribution >= 0.6 is 23.1 Å².